The summed E-state index contributed by atoms with van der Waals surface area (Å²) >= 11 is 7.77. The number of benzene rings is 2. The summed E-state index contributed by atoms with van der Waals surface area (Å²) in [5.41, 5.74) is 1.80. The van der Waals surface area contributed by atoms with E-state index in [-0.39, 0.29) is 17.8 Å². The molecule has 1 unspecified atom stereocenters. The summed E-state index contributed by atoms with van der Waals surface area (Å²) in [4.78, 5) is 12.5. The topological polar surface area (TPSA) is 78.3 Å². The van der Waals surface area contributed by atoms with Gasteiger partial charge < -0.3 is 14.8 Å². The van der Waals surface area contributed by atoms with Gasteiger partial charge in [0.25, 0.3) is 0 Å². The van der Waals surface area contributed by atoms with Crippen LogP contribution in [0.15, 0.2) is 47.6 Å². The summed E-state index contributed by atoms with van der Waals surface area (Å²) in [7, 11) is 0. The summed E-state index contributed by atoms with van der Waals surface area (Å²) in [6, 6.07) is 13.5. The van der Waals surface area contributed by atoms with Crippen molar-refractivity contribution in [3.63, 3.8) is 0 Å². The third kappa shape index (κ3) is 6.00. The smallest absolute Gasteiger partial charge is 0.233 e. The maximum absolute atomic E-state index is 12.5. The molecule has 0 bridgehead atoms. The number of amides is 1. The fraction of sp³-hybridized carbons (Fsp3) is 0.375. The lowest BCUT2D eigenvalue weighted by Crippen LogP contribution is -2.32. The molecule has 1 fully saturated rings. The van der Waals surface area contributed by atoms with Gasteiger partial charge in [-0.25, -0.2) is 0 Å². The van der Waals surface area contributed by atoms with E-state index in [9.17, 15) is 4.79 Å². The number of ether oxygens (including phenoxy) is 2. The number of aromatic nitrogens is 3. The molecule has 3 aromatic rings. The van der Waals surface area contributed by atoms with Crippen molar-refractivity contribution in [3.8, 4) is 17.2 Å². The highest BCUT2D eigenvalue weighted by Crippen LogP contribution is 2.29. The van der Waals surface area contributed by atoms with Gasteiger partial charge in [-0.2, -0.15) is 0 Å². The largest absolute Gasteiger partial charge is 0.494 e. The van der Waals surface area contributed by atoms with Crippen LogP contribution in [-0.4, -0.2) is 38.6 Å². The van der Waals surface area contributed by atoms with Gasteiger partial charge in [0.1, 0.15) is 18.1 Å². The third-order valence-corrected chi connectivity index (χ3v) is 6.64. The van der Waals surface area contributed by atoms with Crippen LogP contribution in [0.2, 0.25) is 5.02 Å². The highest BCUT2D eigenvalue weighted by Gasteiger charge is 2.27. The van der Waals surface area contributed by atoms with E-state index in [1.165, 1.54) is 11.8 Å². The first-order chi connectivity index (χ1) is 15.9. The van der Waals surface area contributed by atoms with Crippen molar-refractivity contribution < 1.29 is 14.3 Å². The van der Waals surface area contributed by atoms with E-state index in [4.69, 9.17) is 21.1 Å². The van der Waals surface area contributed by atoms with Crippen LogP contribution >= 0.6 is 23.4 Å². The molecule has 0 radical (unpaired) electrons. The number of hydrogen-bond acceptors (Lipinski definition) is 6. The molecule has 0 saturated heterocycles. The Hall–Kier alpha value is -2.71. The van der Waals surface area contributed by atoms with Gasteiger partial charge in [-0.1, -0.05) is 29.4 Å². The van der Waals surface area contributed by atoms with Crippen LogP contribution in [0.25, 0.3) is 5.69 Å². The Balaban J connectivity index is 1.56. The second kappa shape index (κ2) is 10.5. The van der Waals surface area contributed by atoms with E-state index in [2.05, 4.69) is 15.5 Å². The molecule has 1 saturated carbocycles. The second-order valence-corrected chi connectivity index (χ2v) is 9.62. The Labute approximate surface area is 202 Å². The minimum Gasteiger partial charge on any atom is -0.494 e. The molecule has 0 spiro atoms. The number of nitrogens with zero attached hydrogens (tertiary/aromatic N) is 3. The van der Waals surface area contributed by atoms with E-state index in [0.29, 0.717) is 34.4 Å². The Morgan fingerprint density at radius 3 is 2.52 bits per heavy atom. The standard InChI is InChI=1S/C24H27ClN4O3S/c1-4-31-19-9-11-20(12-10-19)32-14-22-27-28-24(33-16(3)23(30)26-17-6-7-17)29(22)18-8-5-15(2)21(25)13-18/h5,8-13,16-17H,4,6-7,14H2,1-3H3,(H,26,30). The molecule has 1 atom stereocenters. The molecule has 1 amide bonds. The van der Waals surface area contributed by atoms with Crippen molar-refractivity contribution in [2.24, 2.45) is 0 Å². The Bertz CT molecular complexity index is 1120. The number of carbonyl (C=O) groups excluding carboxylic acids is 1. The molecule has 174 valence electrons. The number of nitrogens with one attached hydrogen (secondary N) is 1. The molecule has 1 aliphatic rings. The molecule has 2 aromatic carbocycles. The SMILES string of the molecule is CCOc1ccc(OCc2nnc(SC(C)C(=O)NC3CC3)n2-c2ccc(C)c(Cl)c2)cc1. The van der Waals surface area contributed by atoms with Gasteiger partial charge >= 0.3 is 0 Å². The predicted octanol–water partition coefficient (Wildman–Crippen LogP) is 4.97. The lowest BCUT2D eigenvalue weighted by atomic mass is 10.2. The number of hydrogen-bond donors (Lipinski definition) is 1. The minimum atomic E-state index is -0.311. The van der Waals surface area contributed by atoms with Crippen LogP contribution in [0.3, 0.4) is 0 Å². The number of rotatable bonds is 10. The zero-order chi connectivity index (χ0) is 23.4. The quantitative estimate of drug-likeness (QED) is 0.408. The van der Waals surface area contributed by atoms with Gasteiger partial charge in [-0.3, -0.25) is 9.36 Å². The molecule has 1 heterocycles. The van der Waals surface area contributed by atoms with Crippen LogP contribution < -0.4 is 14.8 Å². The molecule has 4 rings (SSSR count). The van der Waals surface area contributed by atoms with Crippen LogP contribution in [0, 0.1) is 6.92 Å². The number of halogens is 1. The van der Waals surface area contributed by atoms with E-state index >= 15 is 0 Å². The van der Waals surface area contributed by atoms with Crippen molar-refractivity contribution in [2.75, 3.05) is 6.61 Å². The van der Waals surface area contributed by atoms with Gasteiger partial charge in [-0.15, -0.1) is 10.2 Å². The zero-order valence-electron chi connectivity index (χ0n) is 18.9. The average molecular weight is 487 g/mol. The first-order valence-electron chi connectivity index (χ1n) is 11.0. The van der Waals surface area contributed by atoms with Crippen LogP contribution in [0.1, 0.15) is 38.1 Å². The molecule has 33 heavy (non-hydrogen) atoms. The maximum Gasteiger partial charge on any atom is 0.233 e. The Morgan fingerprint density at radius 1 is 1.18 bits per heavy atom. The normalized spacial score (nSPS) is 14.1. The highest BCUT2D eigenvalue weighted by atomic mass is 35.5. The maximum atomic E-state index is 12.5. The van der Waals surface area contributed by atoms with Crippen LogP contribution in [-0.2, 0) is 11.4 Å². The van der Waals surface area contributed by atoms with E-state index in [1.807, 2.05) is 67.8 Å². The lowest BCUT2D eigenvalue weighted by Gasteiger charge is -2.15. The summed E-state index contributed by atoms with van der Waals surface area (Å²) in [6.45, 7) is 6.59. The number of carbonyl (C=O) groups is 1. The zero-order valence-corrected chi connectivity index (χ0v) is 20.4. The number of aryl methyl sites for hydroxylation is 1. The molecular weight excluding hydrogens is 460 g/mol. The molecule has 7 nitrogen and oxygen atoms in total. The van der Waals surface area contributed by atoms with Crippen LogP contribution in [0.5, 0.6) is 11.5 Å². The first-order valence-corrected chi connectivity index (χ1v) is 12.2. The Kier molecular flexibility index (Phi) is 7.45. The fourth-order valence-electron chi connectivity index (χ4n) is 3.15. The summed E-state index contributed by atoms with van der Waals surface area (Å²) in [6.07, 6.45) is 2.10. The summed E-state index contributed by atoms with van der Waals surface area (Å²) < 4.78 is 13.3. The van der Waals surface area contributed by atoms with Gasteiger partial charge in [0.2, 0.25) is 5.91 Å². The molecular formula is C24H27ClN4O3S. The first kappa shape index (κ1) is 23.4. The van der Waals surface area contributed by atoms with E-state index < -0.39 is 0 Å². The molecule has 1 aliphatic carbocycles. The Morgan fingerprint density at radius 2 is 1.88 bits per heavy atom. The van der Waals surface area contributed by atoms with E-state index in [1.54, 1.807) is 0 Å². The van der Waals surface area contributed by atoms with E-state index in [0.717, 1.165) is 29.8 Å². The van der Waals surface area contributed by atoms with Crippen LogP contribution in [0.4, 0.5) is 0 Å². The van der Waals surface area contributed by atoms with Crippen molar-refractivity contribution in [2.45, 2.75) is 56.7 Å². The fourth-order valence-corrected chi connectivity index (χ4v) is 4.23. The molecule has 9 heteroatoms. The van der Waals surface area contributed by atoms with Crippen molar-refractivity contribution in [3.05, 3.63) is 58.9 Å². The minimum absolute atomic E-state index is 0.00572. The van der Waals surface area contributed by atoms with Crippen molar-refractivity contribution in [1.29, 1.82) is 0 Å². The monoisotopic (exact) mass is 486 g/mol. The second-order valence-electron chi connectivity index (χ2n) is 7.90. The summed E-state index contributed by atoms with van der Waals surface area (Å²) in [5, 5.41) is 12.7. The van der Waals surface area contributed by atoms with Gasteiger partial charge in [-0.05, 0) is 75.6 Å². The predicted molar refractivity (Wildman–Crippen MR) is 130 cm³/mol. The average Bonchev–Trinajstić information content (AvgIpc) is 3.53. The molecule has 1 N–H and O–H groups in total. The van der Waals surface area contributed by atoms with Gasteiger partial charge in [0.05, 0.1) is 17.5 Å². The van der Waals surface area contributed by atoms with Gasteiger partial charge in [0.15, 0.2) is 11.0 Å². The molecule has 1 aromatic heterocycles. The summed E-state index contributed by atoms with van der Waals surface area (Å²) in [5.74, 6) is 2.10. The number of thioether (sulfide) groups is 1. The van der Waals surface area contributed by atoms with Gasteiger partial charge in [0, 0.05) is 11.1 Å². The lowest BCUT2D eigenvalue weighted by molar-refractivity contribution is -0.120. The van der Waals surface area contributed by atoms with Crippen molar-refractivity contribution >= 4 is 29.3 Å². The third-order valence-electron chi connectivity index (χ3n) is 5.19. The van der Waals surface area contributed by atoms with Crippen molar-refractivity contribution in [1.82, 2.24) is 20.1 Å². The highest BCUT2D eigenvalue weighted by molar-refractivity contribution is 8.00. The molecule has 0 aliphatic heterocycles.